The average molecular weight is 193 g/mol. The quantitative estimate of drug-likeness (QED) is 0.367. The van der Waals surface area contributed by atoms with Gasteiger partial charge in [0.15, 0.2) is 6.61 Å². The SMILES string of the molecule is CCCCCC(=O)OCC(=O)Cl. The molecular weight excluding hydrogens is 180 g/mol. The molecule has 0 aliphatic carbocycles. The lowest BCUT2D eigenvalue weighted by atomic mass is 10.2. The lowest BCUT2D eigenvalue weighted by molar-refractivity contribution is -0.146. The molecule has 0 saturated carbocycles. The topological polar surface area (TPSA) is 43.4 Å². The fourth-order valence-electron chi connectivity index (χ4n) is 0.729. The summed E-state index contributed by atoms with van der Waals surface area (Å²) < 4.78 is 4.53. The molecule has 0 heterocycles. The summed E-state index contributed by atoms with van der Waals surface area (Å²) in [6, 6.07) is 0. The monoisotopic (exact) mass is 192 g/mol. The number of hydrogen-bond donors (Lipinski definition) is 0. The van der Waals surface area contributed by atoms with Crippen molar-refractivity contribution in [3.63, 3.8) is 0 Å². The van der Waals surface area contributed by atoms with Gasteiger partial charge in [-0.2, -0.15) is 0 Å². The van der Waals surface area contributed by atoms with Crippen molar-refractivity contribution in [2.45, 2.75) is 32.6 Å². The van der Waals surface area contributed by atoms with Crippen molar-refractivity contribution >= 4 is 22.8 Å². The highest BCUT2D eigenvalue weighted by Gasteiger charge is 2.03. The third-order valence-electron chi connectivity index (χ3n) is 1.33. The second-order valence-corrected chi connectivity index (χ2v) is 2.89. The van der Waals surface area contributed by atoms with Gasteiger partial charge in [-0.05, 0) is 18.0 Å². The fraction of sp³-hybridized carbons (Fsp3) is 0.750. The van der Waals surface area contributed by atoms with E-state index >= 15 is 0 Å². The molecule has 0 fully saturated rings. The van der Waals surface area contributed by atoms with E-state index in [4.69, 9.17) is 11.6 Å². The van der Waals surface area contributed by atoms with Crippen LogP contribution in [-0.4, -0.2) is 17.8 Å². The van der Waals surface area contributed by atoms with Crippen molar-refractivity contribution in [3.05, 3.63) is 0 Å². The average Bonchev–Trinajstić information content (AvgIpc) is 2.01. The zero-order valence-electron chi connectivity index (χ0n) is 7.14. The van der Waals surface area contributed by atoms with E-state index in [1.807, 2.05) is 6.92 Å². The Kier molecular flexibility index (Phi) is 6.76. The molecule has 0 spiro atoms. The smallest absolute Gasteiger partial charge is 0.306 e. The van der Waals surface area contributed by atoms with Crippen LogP contribution in [0.1, 0.15) is 32.6 Å². The van der Waals surface area contributed by atoms with E-state index in [9.17, 15) is 9.59 Å². The van der Waals surface area contributed by atoms with Gasteiger partial charge in [-0.15, -0.1) is 0 Å². The summed E-state index contributed by atoms with van der Waals surface area (Å²) in [5, 5.41) is -0.640. The molecule has 70 valence electrons. The van der Waals surface area contributed by atoms with Crippen LogP contribution in [-0.2, 0) is 14.3 Å². The molecule has 4 heteroatoms. The molecule has 0 aromatic heterocycles. The van der Waals surface area contributed by atoms with Crippen molar-refractivity contribution < 1.29 is 14.3 Å². The van der Waals surface area contributed by atoms with E-state index in [-0.39, 0.29) is 12.6 Å². The number of hydrogen-bond acceptors (Lipinski definition) is 3. The third-order valence-corrected chi connectivity index (χ3v) is 1.44. The molecule has 0 aliphatic rings. The molecule has 0 unspecified atom stereocenters. The molecule has 0 N–H and O–H groups in total. The maximum Gasteiger partial charge on any atom is 0.306 e. The summed E-state index contributed by atoms with van der Waals surface area (Å²) >= 11 is 4.97. The summed E-state index contributed by atoms with van der Waals surface area (Å²) in [7, 11) is 0. The van der Waals surface area contributed by atoms with Gasteiger partial charge in [0.05, 0.1) is 0 Å². The van der Waals surface area contributed by atoms with Crippen LogP contribution in [0.25, 0.3) is 0 Å². The molecule has 0 radical (unpaired) electrons. The van der Waals surface area contributed by atoms with E-state index < -0.39 is 5.24 Å². The van der Waals surface area contributed by atoms with E-state index in [2.05, 4.69) is 4.74 Å². The van der Waals surface area contributed by atoms with Gasteiger partial charge < -0.3 is 4.74 Å². The second kappa shape index (κ2) is 7.10. The highest BCUT2D eigenvalue weighted by Crippen LogP contribution is 2.00. The summed E-state index contributed by atoms with van der Waals surface area (Å²) in [5.74, 6) is -0.350. The van der Waals surface area contributed by atoms with E-state index in [1.165, 1.54) is 0 Å². The Morgan fingerprint density at radius 1 is 1.33 bits per heavy atom. The standard InChI is InChI=1S/C8H13ClO3/c1-2-3-4-5-8(11)12-6-7(9)10/h2-6H2,1H3. The van der Waals surface area contributed by atoms with Crippen molar-refractivity contribution in [2.75, 3.05) is 6.61 Å². The van der Waals surface area contributed by atoms with Crippen molar-refractivity contribution in [2.24, 2.45) is 0 Å². The molecule has 0 aromatic carbocycles. The summed E-state index contributed by atoms with van der Waals surface area (Å²) in [6.07, 6.45) is 3.25. The van der Waals surface area contributed by atoms with Crippen LogP contribution in [0.15, 0.2) is 0 Å². The minimum Gasteiger partial charge on any atom is -0.456 e. The predicted octanol–water partition coefficient (Wildman–Crippen LogP) is 1.88. The third kappa shape index (κ3) is 7.54. The largest absolute Gasteiger partial charge is 0.456 e. The van der Waals surface area contributed by atoms with Gasteiger partial charge in [-0.25, -0.2) is 0 Å². The van der Waals surface area contributed by atoms with E-state index in [0.29, 0.717) is 6.42 Å². The Labute approximate surface area is 77.0 Å². The molecule has 0 aliphatic heterocycles. The summed E-state index contributed by atoms with van der Waals surface area (Å²) in [4.78, 5) is 21.0. The Morgan fingerprint density at radius 2 is 2.00 bits per heavy atom. The molecule has 0 atom stereocenters. The van der Waals surface area contributed by atoms with Crippen LogP contribution >= 0.6 is 11.6 Å². The molecule has 0 saturated heterocycles. The van der Waals surface area contributed by atoms with Gasteiger partial charge in [0, 0.05) is 6.42 Å². The molecule has 0 rings (SSSR count). The lowest BCUT2D eigenvalue weighted by Gasteiger charge is -2.00. The first-order valence-corrected chi connectivity index (χ1v) is 4.38. The predicted molar refractivity (Wildman–Crippen MR) is 46.0 cm³/mol. The lowest BCUT2D eigenvalue weighted by Crippen LogP contribution is -2.09. The van der Waals surface area contributed by atoms with E-state index in [0.717, 1.165) is 19.3 Å². The Hall–Kier alpha value is -0.570. The molecule has 0 bridgehead atoms. The van der Waals surface area contributed by atoms with Crippen LogP contribution in [0, 0.1) is 0 Å². The molecule has 0 amide bonds. The first kappa shape index (κ1) is 11.4. The van der Waals surface area contributed by atoms with Gasteiger partial charge in [-0.3, -0.25) is 9.59 Å². The fourth-order valence-corrected chi connectivity index (χ4v) is 0.783. The number of esters is 1. The number of carbonyl (C=O) groups is 2. The summed E-state index contributed by atoms with van der Waals surface area (Å²) in [6.45, 7) is 1.74. The van der Waals surface area contributed by atoms with Gasteiger partial charge in [0.2, 0.25) is 0 Å². The highest BCUT2D eigenvalue weighted by molar-refractivity contribution is 6.64. The van der Waals surface area contributed by atoms with Crippen molar-refractivity contribution in [1.29, 1.82) is 0 Å². The van der Waals surface area contributed by atoms with Crippen LogP contribution in [0.5, 0.6) is 0 Å². The first-order chi connectivity index (χ1) is 5.66. The van der Waals surface area contributed by atoms with Crippen LogP contribution in [0.3, 0.4) is 0 Å². The summed E-state index contributed by atoms with van der Waals surface area (Å²) in [5.41, 5.74) is 0. The maximum absolute atomic E-state index is 10.8. The normalized spacial score (nSPS) is 9.50. The van der Waals surface area contributed by atoms with E-state index in [1.54, 1.807) is 0 Å². The Balaban J connectivity index is 3.28. The van der Waals surface area contributed by atoms with Gasteiger partial charge in [0.1, 0.15) is 0 Å². The van der Waals surface area contributed by atoms with Gasteiger partial charge in [-0.1, -0.05) is 19.8 Å². The van der Waals surface area contributed by atoms with Crippen molar-refractivity contribution in [1.82, 2.24) is 0 Å². The number of unbranched alkanes of at least 4 members (excludes halogenated alkanes) is 2. The number of rotatable bonds is 6. The maximum atomic E-state index is 10.8. The van der Waals surface area contributed by atoms with Gasteiger partial charge in [0.25, 0.3) is 5.24 Å². The zero-order chi connectivity index (χ0) is 9.40. The van der Waals surface area contributed by atoms with Crippen LogP contribution in [0.2, 0.25) is 0 Å². The molecule has 0 aromatic rings. The number of ether oxygens (including phenoxy) is 1. The minimum atomic E-state index is -0.640. The Bertz CT molecular complexity index is 156. The van der Waals surface area contributed by atoms with Crippen LogP contribution in [0.4, 0.5) is 0 Å². The van der Waals surface area contributed by atoms with Crippen LogP contribution < -0.4 is 0 Å². The second-order valence-electron chi connectivity index (χ2n) is 2.47. The zero-order valence-corrected chi connectivity index (χ0v) is 7.89. The highest BCUT2D eigenvalue weighted by atomic mass is 35.5. The van der Waals surface area contributed by atoms with Crippen molar-refractivity contribution in [3.8, 4) is 0 Å². The first-order valence-electron chi connectivity index (χ1n) is 4.00. The number of carbonyl (C=O) groups excluding carboxylic acids is 2. The Morgan fingerprint density at radius 3 is 2.50 bits per heavy atom. The molecular formula is C8H13ClO3. The molecule has 12 heavy (non-hydrogen) atoms. The van der Waals surface area contributed by atoms with Gasteiger partial charge >= 0.3 is 5.97 Å². The molecule has 3 nitrogen and oxygen atoms in total. The number of halogens is 1. The minimum absolute atomic E-state index is 0.313.